The van der Waals surface area contributed by atoms with Gasteiger partial charge in [-0.15, -0.1) is 0 Å². The molecule has 20 heavy (non-hydrogen) atoms. The van der Waals surface area contributed by atoms with Gasteiger partial charge in [-0.1, -0.05) is 36.4 Å². The number of rotatable bonds is 5. The predicted octanol–water partition coefficient (Wildman–Crippen LogP) is 3.84. The smallest absolute Gasteiger partial charge is 0.332 e. The Morgan fingerprint density at radius 3 is 2.80 bits per heavy atom. The predicted molar refractivity (Wildman–Crippen MR) is 79.6 cm³/mol. The van der Waals surface area contributed by atoms with Crippen molar-refractivity contribution < 1.29 is 9.66 Å². The van der Waals surface area contributed by atoms with Crippen LogP contribution in [0.25, 0.3) is 6.08 Å². The van der Waals surface area contributed by atoms with E-state index in [0.29, 0.717) is 4.47 Å². The van der Waals surface area contributed by atoms with Gasteiger partial charge >= 0.3 is 5.69 Å². The maximum absolute atomic E-state index is 10.9. The molecule has 1 heterocycles. The Labute approximate surface area is 124 Å². The average Bonchev–Trinajstić information content (AvgIpc) is 2.45. The number of nitro groups is 1. The number of pyridine rings is 1. The molecule has 0 unspecified atom stereocenters. The van der Waals surface area contributed by atoms with E-state index in [9.17, 15) is 10.1 Å². The molecule has 0 saturated carbocycles. The Morgan fingerprint density at radius 2 is 2.10 bits per heavy atom. The van der Waals surface area contributed by atoms with Crippen molar-refractivity contribution in [2.45, 2.75) is 0 Å². The molecule has 0 aliphatic heterocycles. The first kappa shape index (κ1) is 14.2. The maximum Gasteiger partial charge on any atom is 0.332 e. The van der Waals surface area contributed by atoms with Crippen LogP contribution in [0.15, 0.2) is 53.1 Å². The molecular formula is C14H11BrN2O3. The van der Waals surface area contributed by atoms with Gasteiger partial charge in [0.2, 0.25) is 0 Å². The highest BCUT2D eigenvalue weighted by atomic mass is 79.9. The van der Waals surface area contributed by atoms with Crippen LogP contribution < -0.4 is 4.74 Å². The fourth-order valence-electron chi connectivity index (χ4n) is 1.53. The Morgan fingerprint density at radius 1 is 1.35 bits per heavy atom. The monoisotopic (exact) mass is 334 g/mol. The van der Waals surface area contributed by atoms with E-state index in [1.807, 2.05) is 36.4 Å². The average molecular weight is 335 g/mol. The van der Waals surface area contributed by atoms with Gasteiger partial charge in [0, 0.05) is 16.7 Å². The number of hydrogen-bond acceptors (Lipinski definition) is 4. The van der Waals surface area contributed by atoms with E-state index in [0.717, 1.165) is 5.56 Å². The molecule has 0 atom stereocenters. The molecule has 0 spiro atoms. The summed E-state index contributed by atoms with van der Waals surface area (Å²) in [7, 11) is 0. The van der Waals surface area contributed by atoms with E-state index in [1.54, 1.807) is 6.08 Å². The number of benzene rings is 1. The van der Waals surface area contributed by atoms with E-state index in [4.69, 9.17) is 4.74 Å². The van der Waals surface area contributed by atoms with E-state index in [2.05, 4.69) is 20.9 Å². The number of ether oxygens (including phenoxy) is 1. The summed E-state index contributed by atoms with van der Waals surface area (Å²) in [5.74, 6) is 0.0101. The molecule has 2 aromatic rings. The molecule has 0 aliphatic carbocycles. The SMILES string of the molecule is O=[N+]([O-])c1cc(Br)cnc1OCC=Cc1ccccc1. The highest BCUT2D eigenvalue weighted by Crippen LogP contribution is 2.27. The van der Waals surface area contributed by atoms with Crippen LogP contribution in [-0.2, 0) is 0 Å². The standard InChI is InChI=1S/C14H11BrN2O3/c15-12-9-13(17(18)19)14(16-10-12)20-8-4-7-11-5-2-1-3-6-11/h1-7,9-10H,8H2. The second kappa shape index (κ2) is 6.81. The third kappa shape index (κ3) is 3.89. The zero-order chi connectivity index (χ0) is 14.4. The van der Waals surface area contributed by atoms with Gasteiger partial charge in [0.1, 0.15) is 6.61 Å². The Hall–Kier alpha value is -2.21. The second-order valence-electron chi connectivity index (χ2n) is 3.86. The lowest BCUT2D eigenvalue weighted by molar-refractivity contribution is -0.386. The summed E-state index contributed by atoms with van der Waals surface area (Å²) >= 11 is 3.14. The van der Waals surface area contributed by atoms with Crippen LogP contribution in [0.3, 0.4) is 0 Å². The van der Waals surface area contributed by atoms with Gasteiger partial charge < -0.3 is 4.74 Å². The summed E-state index contributed by atoms with van der Waals surface area (Å²) in [6, 6.07) is 11.1. The van der Waals surface area contributed by atoms with Crippen molar-refractivity contribution in [3.63, 3.8) is 0 Å². The van der Waals surface area contributed by atoms with Crippen LogP contribution in [0.2, 0.25) is 0 Å². The molecule has 1 aromatic carbocycles. The zero-order valence-electron chi connectivity index (χ0n) is 10.4. The van der Waals surface area contributed by atoms with Crippen LogP contribution in [-0.4, -0.2) is 16.5 Å². The van der Waals surface area contributed by atoms with Crippen molar-refractivity contribution in [2.75, 3.05) is 6.61 Å². The summed E-state index contributed by atoms with van der Waals surface area (Å²) in [5.41, 5.74) is 0.877. The molecule has 102 valence electrons. The van der Waals surface area contributed by atoms with Crippen LogP contribution >= 0.6 is 15.9 Å². The number of halogens is 1. The van der Waals surface area contributed by atoms with E-state index in [-0.39, 0.29) is 18.2 Å². The van der Waals surface area contributed by atoms with Crippen molar-refractivity contribution >= 4 is 27.7 Å². The topological polar surface area (TPSA) is 65.3 Å². The molecule has 0 fully saturated rings. The Balaban J connectivity index is 2.01. The molecule has 1 aromatic heterocycles. The normalized spacial score (nSPS) is 10.7. The molecule has 0 saturated heterocycles. The molecular weight excluding hydrogens is 324 g/mol. The number of hydrogen-bond donors (Lipinski definition) is 0. The van der Waals surface area contributed by atoms with Gasteiger partial charge in [-0.3, -0.25) is 10.1 Å². The Kier molecular flexibility index (Phi) is 4.84. The van der Waals surface area contributed by atoms with Crippen LogP contribution in [0.4, 0.5) is 5.69 Å². The molecule has 6 heteroatoms. The van der Waals surface area contributed by atoms with Crippen LogP contribution in [0.1, 0.15) is 5.56 Å². The molecule has 0 radical (unpaired) electrons. The third-order valence-electron chi connectivity index (χ3n) is 2.42. The van der Waals surface area contributed by atoms with E-state index >= 15 is 0 Å². The van der Waals surface area contributed by atoms with Crippen molar-refractivity contribution in [1.82, 2.24) is 4.98 Å². The lowest BCUT2D eigenvalue weighted by atomic mass is 10.2. The quantitative estimate of drug-likeness (QED) is 0.615. The lowest BCUT2D eigenvalue weighted by Gasteiger charge is -2.03. The molecule has 5 nitrogen and oxygen atoms in total. The molecule has 0 bridgehead atoms. The Bertz CT molecular complexity index is 630. The lowest BCUT2D eigenvalue weighted by Crippen LogP contribution is -2.00. The third-order valence-corrected chi connectivity index (χ3v) is 2.86. The summed E-state index contributed by atoms with van der Waals surface area (Å²) in [5, 5.41) is 10.9. The van der Waals surface area contributed by atoms with Crippen LogP contribution in [0, 0.1) is 10.1 Å². The van der Waals surface area contributed by atoms with Gasteiger partial charge in [0.25, 0.3) is 5.88 Å². The highest BCUT2D eigenvalue weighted by molar-refractivity contribution is 9.10. The van der Waals surface area contributed by atoms with Crippen molar-refractivity contribution in [1.29, 1.82) is 0 Å². The fraction of sp³-hybridized carbons (Fsp3) is 0.0714. The summed E-state index contributed by atoms with van der Waals surface area (Å²) in [6.07, 6.45) is 5.12. The first-order valence-electron chi connectivity index (χ1n) is 5.81. The summed E-state index contributed by atoms with van der Waals surface area (Å²) in [4.78, 5) is 14.3. The largest absolute Gasteiger partial charge is 0.469 e. The van der Waals surface area contributed by atoms with Gasteiger partial charge in [0.05, 0.1) is 4.92 Å². The second-order valence-corrected chi connectivity index (χ2v) is 4.77. The summed E-state index contributed by atoms with van der Waals surface area (Å²) < 4.78 is 5.85. The maximum atomic E-state index is 10.9. The minimum absolute atomic E-state index is 0.0101. The van der Waals surface area contributed by atoms with Gasteiger partial charge in [-0.05, 0) is 27.6 Å². The van der Waals surface area contributed by atoms with Crippen molar-refractivity contribution in [2.24, 2.45) is 0 Å². The van der Waals surface area contributed by atoms with Gasteiger partial charge in [-0.2, -0.15) is 0 Å². The minimum atomic E-state index is -0.520. The zero-order valence-corrected chi connectivity index (χ0v) is 12.0. The van der Waals surface area contributed by atoms with E-state index in [1.165, 1.54) is 12.3 Å². The van der Waals surface area contributed by atoms with Gasteiger partial charge in [0.15, 0.2) is 0 Å². The molecule has 0 N–H and O–H groups in total. The number of nitrogens with zero attached hydrogens (tertiary/aromatic N) is 2. The molecule has 0 amide bonds. The highest BCUT2D eigenvalue weighted by Gasteiger charge is 2.16. The van der Waals surface area contributed by atoms with Crippen molar-refractivity contribution in [3.8, 4) is 5.88 Å². The van der Waals surface area contributed by atoms with E-state index < -0.39 is 4.92 Å². The van der Waals surface area contributed by atoms with Crippen LogP contribution in [0.5, 0.6) is 5.88 Å². The minimum Gasteiger partial charge on any atom is -0.469 e. The molecule has 0 aliphatic rings. The first-order valence-corrected chi connectivity index (χ1v) is 6.60. The first-order chi connectivity index (χ1) is 9.66. The van der Waals surface area contributed by atoms with Gasteiger partial charge in [-0.25, -0.2) is 4.98 Å². The fourth-order valence-corrected chi connectivity index (χ4v) is 1.85. The van der Waals surface area contributed by atoms with Crippen molar-refractivity contribution in [3.05, 3.63) is 68.8 Å². The number of aromatic nitrogens is 1. The summed E-state index contributed by atoms with van der Waals surface area (Å²) in [6.45, 7) is 0.213. The molecule has 2 rings (SSSR count).